The van der Waals surface area contributed by atoms with Crippen LogP contribution in [0.3, 0.4) is 0 Å². The first-order valence-electron chi connectivity index (χ1n) is 6.33. The predicted octanol–water partition coefficient (Wildman–Crippen LogP) is 2.63. The van der Waals surface area contributed by atoms with Crippen molar-refractivity contribution in [3.8, 4) is 11.5 Å². The van der Waals surface area contributed by atoms with Crippen LogP contribution < -0.4 is 0 Å². The molecule has 0 heterocycles. The Balaban J connectivity index is 0.00000220. The van der Waals surface area contributed by atoms with Crippen molar-refractivity contribution in [2.45, 2.75) is 0 Å². The predicted molar refractivity (Wildman–Crippen MR) is 81.1 cm³/mol. The molecule has 0 spiro atoms. The van der Waals surface area contributed by atoms with Gasteiger partial charge in [-0.05, 0) is 24.3 Å². The average Bonchev–Trinajstić information content (AvgIpc) is 2.46. The van der Waals surface area contributed by atoms with Crippen molar-refractivity contribution in [1.29, 1.82) is 0 Å². The molecule has 0 bridgehead atoms. The zero-order chi connectivity index (χ0) is 14.2. The zero-order valence-electron chi connectivity index (χ0n) is 11.3. The van der Waals surface area contributed by atoms with Gasteiger partial charge in [0.05, 0.1) is 13.1 Å². The van der Waals surface area contributed by atoms with Crippen LogP contribution in [0.15, 0.2) is 58.5 Å². The molecule has 0 aliphatic carbocycles. The third-order valence-electron chi connectivity index (χ3n) is 2.69. The Kier molecular flexibility index (Phi) is 7.21. The molecule has 0 fully saturated rings. The summed E-state index contributed by atoms with van der Waals surface area (Å²) in [5, 5.41) is 19.1. The van der Waals surface area contributed by atoms with Gasteiger partial charge in [0.1, 0.15) is 11.5 Å². The number of nitrogens with zero attached hydrogens (tertiary/aromatic N) is 2. The minimum Gasteiger partial charge on any atom is -0.507 e. The first-order chi connectivity index (χ1) is 9.77. The van der Waals surface area contributed by atoms with Crippen LogP contribution in [0.25, 0.3) is 0 Å². The third kappa shape index (κ3) is 5.41. The number of phenols is 2. The maximum absolute atomic E-state index is 9.54. The smallest absolute Gasteiger partial charge is 0.124 e. The first-order valence-corrected chi connectivity index (χ1v) is 6.33. The monoisotopic (exact) mass is 327 g/mol. The van der Waals surface area contributed by atoms with E-state index in [0.29, 0.717) is 24.2 Å². The quantitative estimate of drug-likeness (QED) is 0.655. The summed E-state index contributed by atoms with van der Waals surface area (Å²) in [6.45, 7) is 1.05. The fourth-order valence-corrected chi connectivity index (χ4v) is 1.63. The fourth-order valence-electron chi connectivity index (χ4n) is 1.63. The van der Waals surface area contributed by atoms with E-state index in [1.54, 1.807) is 48.8 Å². The molecule has 0 aliphatic heterocycles. The molecule has 5 heteroatoms. The Hall–Kier alpha value is -2.11. The summed E-state index contributed by atoms with van der Waals surface area (Å²) < 4.78 is 0. The summed E-state index contributed by atoms with van der Waals surface area (Å²) in [4.78, 5) is 8.39. The molecule has 0 amide bonds. The van der Waals surface area contributed by atoms with Gasteiger partial charge in [-0.2, -0.15) is 0 Å². The van der Waals surface area contributed by atoms with E-state index in [9.17, 15) is 10.2 Å². The molecule has 2 aromatic rings. The van der Waals surface area contributed by atoms with Crippen LogP contribution in [0, 0.1) is 0 Å². The van der Waals surface area contributed by atoms with Gasteiger partial charge in [0.2, 0.25) is 0 Å². The third-order valence-corrected chi connectivity index (χ3v) is 2.69. The van der Waals surface area contributed by atoms with Crippen LogP contribution in [-0.4, -0.2) is 35.7 Å². The van der Waals surface area contributed by atoms with Gasteiger partial charge in [-0.1, -0.05) is 24.3 Å². The van der Waals surface area contributed by atoms with Gasteiger partial charge in [0.15, 0.2) is 0 Å². The van der Waals surface area contributed by atoms with Crippen molar-refractivity contribution in [2.24, 2.45) is 9.98 Å². The molecule has 0 aliphatic rings. The van der Waals surface area contributed by atoms with Crippen molar-refractivity contribution in [2.75, 3.05) is 13.1 Å². The van der Waals surface area contributed by atoms with Crippen LogP contribution in [0.1, 0.15) is 11.1 Å². The Morgan fingerprint density at radius 3 is 1.48 bits per heavy atom. The van der Waals surface area contributed by atoms with Gasteiger partial charge in [0.25, 0.3) is 0 Å². The second-order valence-corrected chi connectivity index (χ2v) is 4.19. The van der Waals surface area contributed by atoms with Crippen molar-refractivity contribution in [3.63, 3.8) is 0 Å². The summed E-state index contributed by atoms with van der Waals surface area (Å²) in [5.41, 5.74) is 1.38. The largest absolute Gasteiger partial charge is 0.507 e. The number of aromatic hydroxyl groups is 2. The van der Waals surface area contributed by atoms with E-state index in [-0.39, 0.29) is 28.3 Å². The molecular weight excluding hydrogens is 311 g/mol. The minimum atomic E-state index is 0. The molecule has 1 radical (unpaired) electrons. The zero-order valence-corrected chi connectivity index (χ0v) is 12.4. The Morgan fingerprint density at radius 1 is 0.714 bits per heavy atom. The molecule has 0 atom stereocenters. The topological polar surface area (TPSA) is 65.2 Å². The van der Waals surface area contributed by atoms with Crippen molar-refractivity contribution < 1.29 is 27.0 Å². The molecule has 2 N–H and O–H groups in total. The van der Waals surface area contributed by atoms with Crippen molar-refractivity contribution in [3.05, 3.63) is 59.7 Å². The van der Waals surface area contributed by atoms with E-state index in [2.05, 4.69) is 9.98 Å². The van der Waals surface area contributed by atoms with E-state index >= 15 is 0 Å². The summed E-state index contributed by atoms with van der Waals surface area (Å²) in [7, 11) is 0. The number of benzene rings is 2. The van der Waals surface area contributed by atoms with Gasteiger partial charge in [0, 0.05) is 40.3 Å². The SMILES string of the molecule is Oc1ccccc1/C=N/CC/N=C/c1ccccc1O.[Co]. The molecule has 0 saturated carbocycles. The molecule has 111 valence electrons. The maximum atomic E-state index is 9.54. The molecule has 2 rings (SSSR count). The van der Waals surface area contributed by atoms with Crippen LogP contribution >= 0.6 is 0 Å². The Morgan fingerprint density at radius 2 is 1.10 bits per heavy atom. The van der Waals surface area contributed by atoms with E-state index in [1.165, 1.54) is 0 Å². The maximum Gasteiger partial charge on any atom is 0.124 e. The molecular formula is C16H16CoN2O2. The second-order valence-electron chi connectivity index (χ2n) is 4.19. The number of hydrogen-bond donors (Lipinski definition) is 2. The van der Waals surface area contributed by atoms with Gasteiger partial charge in [-0.15, -0.1) is 0 Å². The number of rotatable bonds is 5. The number of aliphatic imine (C=N–C) groups is 2. The Bertz CT molecular complexity index is 572. The first kappa shape index (κ1) is 16.9. The standard InChI is InChI=1S/C16H16N2O2.Co/c19-15-7-3-1-5-13(15)11-17-9-10-18-12-14-6-2-4-8-16(14)20;/h1-8,11-12,19-20H,9-10H2;/b17-11+,18-12+;. The van der Waals surface area contributed by atoms with Gasteiger partial charge in [-0.3, -0.25) is 9.98 Å². The molecule has 0 saturated heterocycles. The second kappa shape index (κ2) is 8.94. The van der Waals surface area contributed by atoms with E-state index < -0.39 is 0 Å². The van der Waals surface area contributed by atoms with Crippen molar-refractivity contribution in [1.82, 2.24) is 0 Å². The molecule has 21 heavy (non-hydrogen) atoms. The average molecular weight is 327 g/mol. The van der Waals surface area contributed by atoms with Crippen molar-refractivity contribution >= 4 is 12.4 Å². The van der Waals surface area contributed by atoms with E-state index in [0.717, 1.165) is 0 Å². The van der Waals surface area contributed by atoms with Gasteiger partial charge in [-0.25, -0.2) is 0 Å². The summed E-state index contributed by atoms with van der Waals surface area (Å²) >= 11 is 0. The van der Waals surface area contributed by atoms with Crippen LogP contribution in [0.4, 0.5) is 0 Å². The number of phenolic OH excluding ortho intramolecular Hbond substituents is 2. The molecule has 2 aromatic carbocycles. The summed E-state index contributed by atoms with van der Waals surface area (Å²) in [5.74, 6) is 0.433. The van der Waals surface area contributed by atoms with E-state index in [1.807, 2.05) is 12.1 Å². The van der Waals surface area contributed by atoms with E-state index in [4.69, 9.17) is 0 Å². The van der Waals surface area contributed by atoms with Crippen LogP contribution in [0.2, 0.25) is 0 Å². The normalized spacial score (nSPS) is 10.9. The van der Waals surface area contributed by atoms with Crippen LogP contribution in [0.5, 0.6) is 11.5 Å². The number of para-hydroxylation sites is 2. The summed E-state index contributed by atoms with van der Waals surface area (Å²) in [6, 6.07) is 14.1. The minimum absolute atomic E-state index is 0. The Labute approximate surface area is 134 Å². The molecule has 0 aromatic heterocycles. The summed E-state index contributed by atoms with van der Waals surface area (Å²) in [6.07, 6.45) is 3.26. The molecule has 0 unspecified atom stereocenters. The van der Waals surface area contributed by atoms with Crippen LogP contribution in [-0.2, 0) is 16.8 Å². The molecule has 4 nitrogen and oxygen atoms in total. The van der Waals surface area contributed by atoms with Gasteiger partial charge < -0.3 is 10.2 Å². The van der Waals surface area contributed by atoms with Gasteiger partial charge >= 0.3 is 0 Å². The fraction of sp³-hybridized carbons (Fsp3) is 0.125. The number of hydrogen-bond acceptors (Lipinski definition) is 4.